The molecule has 1 aliphatic heterocycles. The fraction of sp³-hybridized carbons (Fsp3) is 0.333. The second-order valence-electron chi connectivity index (χ2n) is 6.15. The maximum atomic E-state index is 4.51. The van der Waals surface area contributed by atoms with Gasteiger partial charge in [-0.25, -0.2) is 9.97 Å². The van der Waals surface area contributed by atoms with Crippen LogP contribution in [0, 0.1) is 0 Å². The highest BCUT2D eigenvalue weighted by molar-refractivity contribution is 5.54. The summed E-state index contributed by atoms with van der Waals surface area (Å²) in [6, 6.07) is 10.3. The molecule has 5 nitrogen and oxygen atoms in total. The topological polar surface area (TPSA) is 60.6 Å². The van der Waals surface area contributed by atoms with Gasteiger partial charge in [-0.05, 0) is 25.9 Å². The van der Waals surface area contributed by atoms with Crippen molar-refractivity contribution in [2.45, 2.75) is 25.3 Å². The first-order valence-electron chi connectivity index (χ1n) is 8.19. The fourth-order valence-corrected chi connectivity index (χ4v) is 3.29. The number of piperidine rings is 1. The molecule has 0 unspecified atom stereocenters. The van der Waals surface area contributed by atoms with Crippen molar-refractivity contribution in [3.8, 4) is 11.4 Å². The van der Waals surface area contributed by atoms with E-state index in [1.807, 2.05) is 36.8 Å². The average Bonchev–Trinajstić information content (AvgIpc) is 3.28. The number of imidazole rings is 2. The van der Waals surface area contributed by atoms with Crippen LogP contribution in [0.25, 0.3) is 11.4 Å². The lowest BCUT2D eigenvalue weighted by Crippen LogP contribution is -2.32. The van der Waals surface area contributed by atoms with Gasteiger partial charge < -0.3 is 9.97 Å². The standard InChI is InChI=1S/C18H21N5/c1-2-4-14(5-3-1)18-21-12-16(22-18)13-23-10-6-15(7-11-23)17-19-8-9-20-17/h1-5,8-9,12,15H,6-7,10-11,13H2,(H,19,20)(H,21,22). The number of aromatic amines is 2. The normalized spacial score (nSPS) is 16.7. The third-order valence-corrected chi connectivity index (χ3v) is 4.56. The minimum atomic E-state index is 0.572. The Bertz CT molecular complexity index is 724. The number of rotatable bonds is 4. The lowest BCUT2D eigenvalue weighted by atomic mass is 9.96. The molecule has 3 aromatic rings. The molecule has 23 heavy (non-hydrogen) atoms. The Labute approximate surface area is 135 Å². The van der Waals surface area contributed by atoms with Crippen LogP contribution in [0.3, 0.4) is 0 Å². The van der Waals surface area contributed by atoms with Crippen molar-refractivity contribution in [1.82, 2.24) is 24.8 Å². The minimum absolute atomic E-state index is 0.572. The lowest BCUT2D eigenvalue weighted by Gasteiger charge is -2.30. The maximum absolute atomic E-state index is 4.51. The van der Waals surface area contributed by atoms with Crippen LogP contribution in [-0.2, 0) is 6.54 Å². The number of likely N-dealkylation sites (tertiary alicyclic amines) is 1. The molecular formula is C18H21N5. The van der Waals surface area contributed by atoms with Crippen molar-refractivity contribution in [3.63, 3.8) is 0 Å². The van der Waals surface area contributed by atoms with Gasteiger partial charge in [-0.1, -0.05) is 30.3 Å². The van der Waals surface area contributed by atoms with E-state index in [9.17, 15) is 0 Å². The molecule has 2 aromatic heterocycles. The predicted octanol–water partition coefficient (Wildman–Crippen LogP) is 3.18. The average molecular weight is 307 g/mol. The molecule has 5 heteroatoms. The molecule has 1 fully saturated rings. The van der Waals surface area contributed by atoms with Gasteiger partial charge in [-0.15, -0.1) is 0 Å². The van der Waals surface area contributed by atoms with E-state index in [0.29, 0.717) is 5.92 Å². The van der Waals surface area contributed by atoms with E-state index < -0.39 is 0 Å². The largest absolute Gasteiger partial charge is 0.348 e. The van der Waals surface area contributed by atoms with Gasteiger partial charge in [-0.3, -0.25) is 4.90 Å². The molecule has 0 saturated carbocycles. The molecule has 0 atom stereocenters. The molecule has 1 saturated heterocycles. The molecule has 3 heterocycles. The number of H-pyrrole nitrogens is 2. The summed E-state index contributed by atoms with van der Waals surface area (Å²) in [5, 5.41) is 0. The van der Waals surface area contributed by atoms with E-state index in [1.54, 1.807) is 0 Å². The van der Waals surface area contributed by atoms with E-state index in [-0.39, 0.29) is 0 Å². The van der Waals surface area contributed by atoms with Crippen molar-refractivity contribution in [2.75, 3.05) is 13.1 Å². The number of hydrogen-bond donors (Lipinski definition) is 2. The van der Waals surface area contributed by atoms with E-state index in [4.69, 9.17) is 0 Å². The van der Waals surface area contributed by atoms with Crippen molar-refractivity contribution in [3.05, 3.63) is 60.4 Å². The van der Waals surface area contributed by atoms with Gasteiger partial charge in [0.15, 0.2) is 0 Å². The highest BCUT2D eigenvalue weighted by Gasteiger charge is 2.22. The second-order valence-corrected chi connectivity index (χ2v) is 6.15. The Morgan fingerprint density at radius 3 is 2.65 bits per heavy atom. The summed E-state index contributed by atoms with van der Waals surface area (Å²) in [6.45, 7) is 3.14. The SMILES string of the molecule is c1ccc(-c2ncc(CN3CCC(c4ncc[nH]4)CC3)[nH]2)cc1. The van der Waals surface area contributed by atoms with Crippen molar-refractivity contribution < 1.29 is 0 Å². The van der Waals surface area contributed by atoms with Crippen molar-refractivity contribution >= 4 is 0 Å². The van der Waals surface area contributed by atoms with Crippen molar-refractivity contribution in [1.29, 1.82) is 0 Å². The summed E-state index contributed by atoms with van der Waals surface area (Å²) in [5.41, 5.74) is 2.32. The zero-order valence-electron chi connectivity index (χ0n) is 13.1. The summed E-state index contributed by atoms with van der Waals surface area (Å²) in [4.78, 5) is 18.1. The molecule has 2 N–H and O–H groups in total. The molecule has 1 aliphatic rings. The predicted molar refractivity (Wildman–Crippen MR) is 89.9 cm³/mol. The van der Waals surface area contributed by atoms with Gasteiger partial charge in [0.25, 0.3) is 0 Å². The molecule has 0 amide bonds. The number of aromatic nitrogens is 4. The summed E-state index contributed by atoms with van der Waals surface area (Å²) in [6.07, 6.45) is 8.04. The summed E-state index contributed by atoms with van der Waals surface area (Å²) < 4.78 is 0. The molecular weight excluding hydrogens is 286 g/mol. The minimum Gasteiger partial charge on any atom is -0.348 e. The van der Waals surface area contributed by atoms with Crippen LogP contribution in [-0.4, -0.2) is 37.9 Å². The highest BCUT2D eigenvalue weighted by Crippen LogP contribution is 2.26. The van der Waals surface area contributed by atoms with Crippen LogP contribution in [0.5, 0.6) is 0 Å². The number of nitrogens with one attached hydrogen (secondary N) is 2. The van der Waals surface area contributed by atoms with Gasteiger partial charge in [0.1, 0.15) is 11.6 Å². The Balaban J connectivity index is 1.36. The van der Waals surface area contributed by atoms with Gasteiger partial charge in [0.2, 0.25) is 0 Å². The first-order chi connectivity index (χ1) is 11.4. The van der Waals surface area contributed by atoms with Crippen LogP contribution in [0.2, 0.25) is 0 Å². The van der Waals surface area contributed by atoms with Crippen LogP contribution in [0.4, 0.5) is 0 Å². The van der Waals surface area contributed by atoms with E-state index in [2.05, 4.69) is 37.0 Å². The van der Waals surface area contributed by atoms with Gasteiger partial charge in [0, 0.05) is 42.3 Å². The molecule has 0 radical (unpaired) electrons. The highest BCUT2D eigenvalue weighted by atomic mass is 15.1. The number of benzene rings is 1. The second kappa shape index (κ2) is 6.38. The quantitative estimate of drug-likeness (QED) is 0.778. The Morgan fingerprint density at radius 1 is 1.09 bits per heavy atom. The van der Waals surface area contributed by atoms with Crippen LogP contribution < -0.4 is 0 Å². The maximum Gasteiger partial charge on any atom is 0.137 e. The van der Waals surface area contributed by atoms with Gasteiger partial charge >= 0.3 is 0 Å². The van der Waals surface area contributed by atoms with Crippen LogP contribution in [0.15, 0.2) is 48.9 Å². The lowest BCUT2D eigenvalue weighted by molar-refractivity contribution is 0.200. The number of hydrogen-bond acceptors (Lipinski definition) is 3. The van der Waals surface area contributed by atoms with Gasteiger partial charge in [0.05, 0.1) is 0 Å². The first-order valence-corrected chi connectivity index (χ1v) is 8.19. The number of nitrogens with zero attached hydrogens (tertiary/aromatic N) is 3. The van der Waals surface area contributed by atoms with Crippen molar-refractivity contribution in [2.24, 2.45) is 0 Å². The van der Waals surface area contributed by atoms with E-state index >= 15 is 0 Å². The van der Waals surface area contributed by atoms with Crippen LogP contribution in [0.1, 0.15) is 30.3 Å². The molecule has 118 valence electrons. The third kappa shape index (κ3) is 3.19. The monoisotopic (exact) mass is 307 g/mol. The zero-order valence-corrected chi connectivity index (χ0v) is 13.1. The van der Waals surface area contributed by atoms with E-state index in [1.165, 1.54) is 5.69 Å². The first kappa shape index (κ1) is 14.2. The Hall–Kier alpha value is -2.40. The Kier molecular flexibility index (Phi) is 3.94. The smallest absolute Gasteiger partial charge is 0.137 e. The fourth-order valence-electron chi connectivity index (χ4n) is 3.29. The summed E-state index contributed by atoms with van der Waals surface area (Å²) in [7, 11) is 0. The third-order valence-electron chi connectivity index (χ3n) is 4.56. The molecule has 0 bridgehead atoms. The summed E-state index contributed by atoms with van der Waals surface area (Å²) >= 11 is 0. The molecule has 1 aromatic carbocycles. The summed E-state index contributed by atoms with van der Waals surface area (Å²) in [5.74, 6) is 2.66. The van der Waals surface area contributed by atoms with E-state index in [0.717, 1.165) is 49.7 Å². The molecule has 0 spiro atoms. The molecule has 4 rings (SSSR count). The zero-order chi connectivity index (χ0) is 15.5. The van der Waals surface area contributed by atoms with Gasteiger partial charge in [-0.2, -0.15) is 0 Å². The van der Waals surface area contributed by atoms with Crippen LogP contribution >= 0.6 is 0 Å². The Morgan fingerprint density at radius 2 is 1.91 bits per heavy atom. The molecule has 0 aliphatic carbocycles.